The van der Waals surface area contributed by atoms with Crippen molar-refractivity contribution in [1.82, 2.24) is 15.5 Å². The monoisotopic (exact) mass is 350 g/mol. The minimum atomic E-state index is 0.229. The number of rotatable bonds is 8. The number of nitrogens with one attached hydrogen (secondary N) is 2. The first-order valence-corrected chi connectivity index (χ1v) is 8.91. The molecule has 7 heteroatoms. The van der Waals surface area contributed by atoms with Gasteiger partial charge < -0.3 is 25.2 Å². The van der Waals surface area contributed by atoms with Crippen molar-refractivity contribution < 1.29 is 14.6 Å². The quantitative estimate of drug-likeness (QED) is 0.371. The number of hydrogen-bond donors (Lipinski definition) is 3. The molecule has 3 N–H and O–H groups in total. The van der Waals surface area contributed by atoms with Crippen molar-refractivity contribution in [2.45, 2.75) is 19.9 Å². The highest BCUT2D eigenvalue weighted by Crippen LogP contribution is 2.23. The minimum Gasteiger partial charge on any atom is -0.508 e. The Bertz CT molecular complexity index is 545. The van der Waals surface area contributed by atoms with Crippen LogP contribution >= 0.6 is 0 Å². The summed E-state index contributed by atoms with van der Waals surface area (Å²) in [5.41, 5.74) is 0.741. The normalized spacial score (nSPS) is 15.8. The van der Waals surface area contributed by atoms with Gasteiger partial charge in [0, 0.05) is 31.7 Å². The fourth-order valence-electron chi connectivity index (χ4n) is 2.66. The fourth-order valence-corrected chi connectivity index (χ4v) is 2.66. The third kappa shape index (κ3) is 6.80. The molecule has 1 saturated heterocycles. The molecule has 0 amide bonds. The van der Waals surface area contributed by atoms with Crippen molar-refractivity contribution in [1.29, 1.82) is 0 Å². The van der Waals surface area contributed by atoms with E-state index in [9.17, 15) is 5.11 Å². The SMILES string of the molecule is CCNC(=NCc1cc(OC)ccc1O)NCCCN1CCOCC1. The van der Waals surface area contributed by atoms with E-state index in [-0.39, 0.29) is 5.75 Å². The Morgan fingerprint density at radius 1 is 1.32 bits per heavy atom. The molecule has 1 fully saturated rings. The van der Waals surface area contributed by atoms with Crippen molar-refractivity contribution in [2.75, 3.05) is 53.0 Å². The molecule has 25 heavy (non-hydrogen) atoms. The minimum absolute atomic E-state index is 0.229. The third-order valence-electron chi connectivity index (χ3n) is 4.09. The highest BCUT2D eigenvalue weighted by atomic mass is 16.5. The Kier molecular flexibility index (Phi) is 8.34. The predicted octanol–water partition coefficient (Wildman–Crippen LogP) is 1.18. The van der Waals surface area contributed by atoms with Gasteiger partial charge in [0.25, 0.3) is 0 Å². The van der Waals surface area contributed by atoms with E-state index in [4.69, 9.17) is 9.47 Å². The van der Waals surface area contributed by atoms with Crippen molar-refractivity contribution in [3.63, 3.8) is 0 Å². The number of ether oxygens (including phenoxy) is 2. The summed E-state index contributed by atoms with van der Waals surface area (Å²) < 4.78 is 10.6. The maximum atomic E-state index is 9.95. The van der Waals surface area contributed by atoms with Gasteiger partial charge in [-0.2, -0.15) is 0 Å². The number of nitrogens with zero attached hydrogens (tertiary/aromatic N) is 2. The average Bonchev–Trinajstić information content (AvgIpc) is 2.65. The van der Waals surface area contributed by atoms with Crippen LogP contribution in [0.3, 0.4) is 0 Å². The largest absolute Gasteiger partial charge is 0.508 e. The maximum Gasteiger partial charge on any atom is 0.191 e. The van der Waals surface area contributed by atoms with E-state index in [1.54, 1.807) is 25.3 Å². The first-order valence-electron chi connectivity index (χ1n) is 8.91. The molecule has 0 spiro atoms. The zero-order chi connectivity index (χ0) is 17.9. The van der Waals surface area contributed by atoms with Crippen LogP contribution in [0, 0.1) is 0 Å². The van der Waals surface area contributed by atoms with Gasteiger partial charge in [-0.25, -0.2) is 4.99 Å². The lowest BCUT2D eigenvalue weighted by Gasteiger charge is -2.26. The van der Waals surface area contributed by atoms with E-state index >= 15 is 0 Å². The lowest BCUT2D eigenvalue weighted by molar-refractivity contribution is 0.0376. The molecule has 2 rings (SSSR count). The number of guanidine groups is 1. The van der Waals surface area contributed by atoms with Gasteiger partial charge in [-0.1, -0.05) is 0 Å². The lowest BCUT2D eigenvalue weighted by Crippen LogP contribution is -2.40. The first-order chi connectivity index (χ1) is 12.2. The number of aliphatic imine (C=N–C) groups is 1. The molecule has 0 saturated carbocycles. The van der Waals surface area contributed by atoms with E-state index in [1.165, 1.54) is 0 Å². The molecule has 1 aromatic carbocycles. The van der Waals surface area contributed by atoms with Crippen molar-refractivity contribution >= 4 is 5.96 Å². The van der Waals surface area contributed by atoms with Crippen molar-refractivity contribution in [3.05, 3.63) is 23.8 Å². The van der Waals surface area contributed by atoms with Gasteiger partial charge >= 0.3 is 0 Å². The van der Waals surface area contributed by atoms with Gasteiger partial charge in [-0.05, 0) is 38.1 Å². The summed E-state index contributed by atoms with van der Waals surface area (Å²) >= 11 is 0. The van der Waals surface area contributed by atoms with Crippen LogP contribution < -0.4 is 15.4 Å². The van der Waals surface area contributed by atoms with Crippen molar-refractivity contribution in [3.8, 4) is 11.5 Å². The summed E-state index contributed by atoms with van der Waals surface area (Å²) in [6.45, 7) is 8.84. The molecule has 1 heterocycles. The second-order valence-corrected chi connectivity index (χ2v) is 5.92. The second-order valence-electron chi connectivity index (χ2n) is 5.92. The van der Waals surface area contributed by atoms with Crippen LogP contribution in [0.25, 0.3) is 0 Å². The van der Waals surface area contributed by atoms with E-state index in [2.05, 4.69) is 20.5 Å². The predicted molar refractivity (Wildman–Crippen MR) is 99.4 cm³/mol. The molecule has 0 atom stereocenters. The molecule has 0 aromatic heterocycles. The van der Waals surface area contributed by atoms with Gasteiger partial charge in [0.2, 0.25) is 0 Å². The first kappa shape index (κ1) is 19.3. The van der Waals surface area contributed by atoms with Gasteiger partial charge in [-0.15, -0.1) is 0 Å². The van der Waals surface area contributed by atoms with E-state index in [1.807, 2.05) is 6.92 Å². The molecular formula is C18H30N4O3. The maximum absolute atomic E-state index is 9.95. The number of benzene rings is 1. The third-order valence-corrected chi connectivity index (χ3v) is 4.09. The van der Waals surface area contributed by atoms with Crippen LogP contribution in [0.4, 0.5) is 0 Å². The Labute approximate surface area is 150 Å². The molecule has 140 valence electrons. The standard InChI is InChI=1S/C18H30N4O3/c1-3-19-18(20-7-4-8-22-9-11-25-12-10-22)21-14-15-13-16(24-2)5-6-17(15)23/h5-6,13,23H,3-4,7-12,14H2,1-2H3,(H2,19,20,21). The number of phenolic OH excluding ortho intramolecular Hbond substituents is 1. The van der Waals surface area contributed by atoms with Crippen LogP contribution in [0.5, 0.6) is 11.5 Å². The molecule has 1 aromatic rings. The molecule has 0 aliphatic carbocycles. The highest BCUT2D eigenvalue weighted by molar-refractivity contribution is 5.79. The summed E-state index contributed by atoms with van der Waals surface area (Å²) in [6.07, 6.45) is 1.05. The summed E-state index contributed by atoms with van der Waals surface area (Å²) in [4.78, 5) is 6.97. The zero-order valence-corrected chi connectivity index (χ0v) is 15.3. The smallest absolute Gasteiger partial charge is 0.191 e. The van der Waals surface area contributed by atoms with Gasteiger partial charge in [0.05, 0.1) is 26.9 Å². The molecule has 0 radical (unpaired) electrons. The second kappa shape index (κ2) is 10.8. The van der Waals surface area contributed by atoms with Crippen LogP contribution in [-0.4, -0.2) is 69.0 Å². The summed E-state index contributed by atoms with van der Waals surface area (Å²) in [5, 5.41) is 16.5. The van der Waals surface area contributed by atoms with E-state index < -0.39 is 0 Å². The number of aromatic hydroxyl groups is 1. The topological polar surface area (TPSA) is 78.4 Å². The lowest BCUT2D eigenvalue weighted by atomic mass is 10.2. The van der Waals surface area contributed by atoms with Crippen LogP contribution in [0.2, 0.25) is 0 Å². The van der Waals surface area contributed by atoms with Crippen molar-refractivity contribution in [2.24, 2.45) is 4.99 Å². The van der Waals surface area contributed by atoms with Crippen LogP contribution in [0.15, 0.2) is 23.2 Å². The number of phenols is 1. The number of hydrogen-bond acceptors (Lipinski definition) is 5. The molecule has 1 aliphatic heterocycles. The molecular weight excluding hydrogens is 320 g/mol. The Morgan fingerprint density at radius 3 is 2.84 bits per heavy atom. The molecule has 0 unspecified atom stereocenters. The average molecular weight is 350 g/mol. The fraction of sp³-hybridized carbons (Fsp3) is 0.611. The number of methoxy groups -OCH3 is 1. The molecule has 7 nitrogen and oxygen atoms in total. The summed E-state index contributed by atoms with van der Waals surface area (Å²) in [7, 11) is 1.61. The Morgan fingerprint density at radius 2 is 2.12 bits per heavy atom. The van der Waals surface area contributed by atoms with E-state index in [0.29, 0.717) is 12.3 Å². The highest BCUT2D eigenvalue weighted by Gasteiger charge is 2.09. The Hall–Kier alpha value is -1.99. The summed E-state index contributed by atoms with van der Waals surface area (Å²) in [6, 6.07) is 5.17. The number of morpholine rings is 1. The van der Waals surface area contributed by atoms with Gasteiger partial charge in [0.15, 0.2) is 5.96 Å². The molecule has 1 aliphatic rings. The van der Waals surface area contributed by atoms with Gasteiger partial charge in [-0.3, -0.25) is 4.90 Å². The Balaban J connectivity index is 1.81. The zero-order valence-electron chi connectivity index (χ0n) is 15.3. The van der Waals surface area contributed by atoms with Crippen LogP contribution in [-0.2, 0) is 11.3 Å². The van der Waals surface area contributed by atoms with Crippen LogP contribution in [0.1, 0.15) is 18.9 Å². The summed E-state index contributed by atoms with van der Waals surface area (Å²) in [5.74, 6) is 1.70. The molecule has 0 bridgehead atoms. The van der Waals surface area contributed by atoms with E-state index in [0.717, 1.165) is 63.9 Å². The van der Waals surface area contributed by atoms with Gasteiger partial charge in [0.1, 0.15) is 11.5 Å².